The van der Waals surface area contributed by atoms with E-state index >= 15 is 0 Å². The van der Waals surface area contributed by atoms with Crippen LogP contribution in [0.2, 0.25) is 5.82 Å². The van der Waals surface area contributed by atoms with Crippen LogP contribution in [0.5, 0.6) is 0 Å². The average molecular weight is 179 g/mol. The predicted octanol–water partition coefficient (Wildman–Crippen LogP) is 0.747. The Labute approximate surface area is 79.9 Å². The monoisotopic (exact) mass is 179 g/mol. The van der Waals surface area contributed by atoms with E-state index in [0.29, 0.717) is 0 Å². The highest BCUT2D eigenvalue weighted by molar-refractivity contribution is 6.30. The first-order valence-electron chi connectivity index (χ1n) is 4.40. The van der Waals surface area contributed by atoms with Gasteiger partial charge >= 0.3 is 0 Å². The van der Waals surface area contributed by atoms with Crippen molar-refractivity contribution in [3.05, 3.63) is 0 Å². The fraction of sp³-hybridized carbons (Fsp3) is 0.778. The van der Waals surface area contributed by atoms with Crippen molar-refractivity contribution in [3.63, 3.8) is 0 Å². The molecule has 0 N–H and O–H groups in total. The molecule has 2 radical (unpaired) electrons. The van der Waals surface area contributed by atoms with Gasteiger partial charge in [0.15, 0.2) is 0 Å². The summed E-state index contributed by atoms with van der Waals surface area (Å²) in [6.45, 7) is 7.17. The highest BCUT2D eigenvalue weighted by atomic mass is 16.2. The lowest BCUT2D eigenvalue weighted by atomic mass is 9.79. The summed E-state index contributed by atoms with van der Waals surface area (Å²) in [5.74, 6) is -1.46. The quantitative estimate of drug-likeness (QED) is 0.406. The molecule has 0 spiro atoms. The molecule has 0 aliphatic carbocycles. The maximum Gasteiger partial charge on any atom is 0.232 e. The Morgan fingerprint density at radius 1 is 1.23 bits per heavy atom. The van der Waals surface area contributed by atoms with Gasteiger partial charge in [0.05, 0.1) is 7.85 Å². The van der Waals surface area contributed by atoms with E-state index in [2.05, 4.69) is 0 Å². The minimum Gasteiger partial charge on any atom is -0.277 e. The van der Waals surface area contributed by atoms with E-state index in [1.165, 1.54) is 4.90 Å². The fourth-order valence-corrected chi connectivity index (χ4v) is 1.49. The largest absolute Gasteiger partial charge is 0.277 e. The molecule has 0 aromatic carbocycles. The summed E-state index contributed by atoms with van der Waals surface area (Å²) in [5, 5.41) is 0. The third-order valence-electron chi connectivity index (χ3n) is 2.32. The number of carbonyl (C=O) groups excluding carboxylic acids is 2. The van der Waals surface area contributed by atoms with Crippen molar-refractivity contribution < 1.29 is 9.59 Å². The summed E-state index contributed by atoms with van der Waals surface area (Å²) in [6, 6.07) is 0. The Hall–Kier alpha value is -0.795. The molecule has 1 heterocycles. The smallest absolute Gasteiger partial charge is 0.232 e. The van der Waals surface area contributed by atoms with Gasteiger partial charge in [0.25, 0.3) is 0 Å². The minimum absolute atomic E-state index is 0.162. The maximum absolute atomic E-state index is 11.6. The Balaban J connectivity index is 3.02. The van der Waals surface area contributed by atoms with E-state index in [9.17, 15) is 9.59 Å². The van der Waals surface area contributed by atoms with Crippen molar-refractivity contribution in [3.8, 4) is 0 Å². The minimum atomic E-state index is -0.660. The number of likely N-dealkylation sites (tertiary alicyclic amines) is 1. The van der Waals surface area contributed by atoms with Gasteiger partial charge in [0.1, 0.15) is 0 Å². The summed E-state index contributed by atoms with van der Waals surface area (Å²) in [4.78, 5) is 24.4. The molecule has 1 rings (SSSR count). The van der Waals surface area contributed by atoms with Crippen LogP contribution in [0.1, 0.15) is 27.7 Å². The lowest BCUT2D eigenvalue weighted by Crippen LogP contribution is -2.45. The van der Waals surface area contributed by atoms with Crippen molar-refractivity contribution in [2.45, 2.75) is 39.1 Å². The second-order valence-corrected chi connectivity index (χ2v) is 4.50. The van der Waals surface area contributed by atoms with Crippen molar-refractivity contribution in [2.24, 2.45) is 5.92 Å². The van der Waals surface area contributed by atoms with Gasteiger partial charge in [-0.05, 0) is 20.8 Å². The van der Waals surface area contributed by atoms with Gasteiger partial charge in [-0.1, -0.05) is 6.92 Å². The van der Waals surface area contributed by atoms with E-state index in [0.717, 1.165) is 0 Å². The van der Waals surface area contributed by atoms with Gasteiger partial charge in [0, 0.05) is 17.3 Å². The van der Waals surface area contributed by atoms with Gasteiger partial charge in [-0.15, -0.1) is 0 Å². The SMILES string of the molecule is [B]C1C(=O)N(C(C)(C)C)C(=O)C1C. The van der Waals surface area contributed by atoms with Crippen LogP contribution in [-0.2, 0) is 9.59 Å². The number of carbonyl (C=O) groups is 2. The molecular formula is C9H14BNO2. The van der Waals surface area contributed by atoms with Crippen molar-refractivity contribution in [1.29, 1.82) is 0 Å². The molecule has 0 saturated carbocycles. The molecule has 70 valence electrons. The number of hydrogen-bond donors (Lipinski definition) is 0. The molecule has 3 nitrogen and oxygen atoms in total. The van der Waals surface area contributed by atoms with Crippen LogP contribution in [0.15, 0.2) is 0 Å². The standard InChI is InChI=1S/C9H14BNO2/c1-5-6(10)8(13)11(7(5)12)9(2,3)4/h5-6H,1-4H3. The molecule has 0 bridgehead atoms. The van der Waals surface area contributed by atoms with Crippen molar-refractivity contribution in [1.82, 2.24) is 4.90 Å². The fourth-order valence-electron chi connectivity index (χ4n) is 1.49. The molecule has 2 atom stereocenters. The Morgan fingerprint density at radius 2 is 1.69 bits per heavy atom. The molecule has 4 heteroatoms. The third-order valence-corrected chi connectivity index (χ3v) is 2.32. The molecule has 1 saturated heterocycles. The van der Waals surface area contributed by atoms with Crippen LogP contribution in [-0.4, -0.2) is 30.1 Å². The molecule has 0 aromatic heterocycles. The Kier molecular flexibility index (Phi) is 2.26. The first-order chi connectivity index (χ1) is 5.76. The summed E-state index contributed by atoms with van der Waals surface area (Å²) in [6.07, 6.45) is 0. The van der Waals surface area contributed by atoms with Crippen LogP contribution in [0, 0.1) is 5.92 Å². The van der Waals surface area contributed by atoms with E-state index in [1.54, 1.807) is 6.92 Å². The van der Waals surface area contributed by atoms with E-state index in [4.69, 9.17) is 7.85 Å². The maximum atomic E-state index is 11.6. The van der Waals surface area contributed by atoms with Crippen LogP contribution in [0.4, 0.5) is 0 Å². The van der Waals surface area contributed by atoms with Crippen LogP contribution in [0.3, 0.4) is 0 Å². The third kappa shape index (κ3) is 1.49. The zero-order valence-corrected chi connectivity index (χ0v) is 8.50. The van der Waals surface area contributed by atoms with Gasteiger partial charge < -0.3 is 0 Å². The van der Waals surface area contributed by atoms with Gasteiger partial charge in [0.2, 0.25) is 11.8 Å². The van der Waals surface area contributed by atoms with Crippen molar-refractivity contribution in [2.75, 3.05) is 0 Å². The highest BCUT2D eigenvalue weighted by Gasteiger charge is 2.46. The average Bonchev–Trinajstić information content (AvgIpc) is 2.14. The van der Waals surface area contributed by atoms with Gasteiger partial charge in [-0.2, -0.15) is 0 Å². The number of imide groups is 1. The van der Waals surface area contributed by atoms with Gasteiger partial charge in [-0.25, -0.2) is 0 Å². The lowest BCUT2D eigenvalue weighted by Gasteiger charge is -2.30. The van der Waals surface area contributed by atoms with E-state index < -0.39 is 11.4 Å². The molecule has 1 aliphatic rings. The normalized spacial score (nSPS) is 30.0. The second-order valence-electron chi connectivity index (χ2n) is 4.50. The topological polar surface area (TPSA) is 37.4 Å². The molecule has 1 aliphatic heterocycles. The highest BCUT2D eigenvalue weighted by Crippen LogP contribution is 2.33. The molecule has 2 amide bonds. The first kappa shape index (κ1) is 10.3. The number of amides is 2. The summed E-state index contributed by atoms with van der Waals surface area (Å²) in [7, 11) is 5.59. The molecular weight excluding hydrogens is 165 g/mol. The molecule has 1 fully saturated rings. The summed E-state index contributed by atoms with van der Waals surface area (Å²) < 4.78 is 0. The first-order valence-corrected chi connectivity index (χ1v) is 4.40. The van der Waals surface area contributed by atoms with E-state index in [1.807, 2.05) is 20.8 Å². The Morgan fingerprint density at radius 3 is 1.85 bits per heavy atom. The zero-order valence-electron chi connectivity index (χ0n) is 8.50. The van der Waals surface area contributed by atoms with Crippen LogP contribution in [0.25, 0.3) is 0 Å². The van der Waals surface area contributed by atoms with Gasteiger partial charge in [-0.3, -0.25) is 14.5 Å². The lowest BCUT2D eigenvalue weighted by molar-refractivity contribution is -0.144. The Bertz CT molecular complexity index is 237. The second kappa shape index (κ2) is 2.86. The summed E-state index contributed by atoms with van der Waals surface area (Å²) >= 11 is 0. The van der Waals surface area contributed by atoms with Crippen LogP contribution < -0.4 is 0 Å². The predicted molar refractivity (Wildman–Crippen MR) is 50.3 cm³/mol. The van der Waals surface area contributed by atoms with Crippen molar-refractivity contribution >= 4 is 19.7 Å². The number of rotatable bonds is 0. The van der Waals surface area contributed by atoms with Crippen LogP contribution >= 0.6 is 0 Å². The zero-order chi connectivity index (χ0) is 10.4. The van der Waals surface area contributed by atoms with E-state index in [-0.39, 0.29) is 17.7 Å². The molecule has 2 unspecified atom stereocenters. The molecule has 13 heavy (non-hydrogen) atoms. The molecule has 0 aromatic rings. The number of hydrogen-bond acceptors (Lipinski definition) is 2. The number of nitrogens with zero attached hydrogens (tertiary/aromatic N) is 1. The summed E-state index contributed by atoms with van der Waals surface area (Å²) in [5.41, 5.74) is -0.462.